The minimum atomic E-state index is -3.59. The van der Waals surface area contributed by atoms with Crippen LogP contribution in [-0.2, 0) is 16.6 Å². The summed E-state index contributed by atoms with van der Waals surface area (Å²) in [5, 5.41) is 2.03. The summed E-state index contributed by atoms with van der Waals surface area (Å²) >= 11 is 1.64. The van der Waals surface area contributed by atoms with Gasteiger partial charge in [-0.25, -0.2) is 8.42 Å². The van der Waals surface area contributed by atoms with Gasteiger partial charge in [-0.15, -0.1) is 11.3 Å². The molecule has 0 N–H and O–H groups in total. The highest BCUT2D eigenvalue weighted by atomic mass is 32.2. The summed E-state index contributed by atoms with van der Waals surface area (Å²) < 4.78 is 28.1. The van der Waals surface area contributed by atoms with Gasteiger partial charge >= 0.3 is 0 Å². The molecule has 0 aliphatic carbocycles. The molecule has 1 amide bonds. The van der Waals surface area contributed by atoms with Crippen molar-refractivity contribution in [3.8, 4) is 0 Å². The highest BCUT2D eigenvalue weighted by Gasteiger charge is 2.29. The molecule has 4 rings (SSSR count). The van der Waals surface area contributed by atoms with Gasteiger partial charge in [0.2, 0.25) is 10.0 Å². The first-order valence-corrected chi connectivity index (χ1v) is 13.4. The van der Waals surface area contributed by atoms with Gasteiger partial charge in [-0.2, -0.15) is 4.31 Å². The maximum Gasteiger partial charge on any atom is 0.256 e. The second-order valence-corrected chi connectivity index (χ2v) is 11.5. The molecule has 6 nitrogen and oxygen atoms in total. The number of hydrogen-bond donors (Lipinski definition) is 0. The molecular weight excluding hydrogens is 430 g/mol. The number of aryl methyl sites for hydroxylation is 1. The fourth-order valence-corrected chi connectivity index (χ4v) is 6.90. The second kappa shape index (κ2) is 9.30. The first-order chi connectivity index (χ1) is 14.9. The van der Waals surface area contributed by atoms with E-state index in [0.717, 1.165) is 55.8 Å². The van der Waals surface area contributed by atoms with Crippen LogP contribution in [0.1, 0.15) is 52.9 Å². The van der Waals surface area contributed by atoms with E-state index >= 15 is 0 Å². The van der Waals surface area contributed by atoms with E-state index in [4.69, 9.17) is 0 Å². The molecule has 2 aliphatic rings. The van der Waals surface area contributed by atoms with Crippen molar-refractivity contribution in [2.24, 2.45) is 0 Å². The molecule has 8 heteroatoms. The van der Waals surface area contributed by atoms with Gasteiger partial charge in [0.15, 0.2) is 0 Å². The monoisotopic (exact) mass is 461 g/mol. The Morgan fingerprint density at radius 2 is 1.71 bits per heavy atom. The van der Waals surface area contributed by atoms with Gasteiger partial charge < -0.3 is 9.80 Å². The third-order valence-electron chi connectivity index (χ3n) is 6.29. The number of benzene rings is 1. The molecule has 1 aromatic carbocycles. The largest absolute Gasteiger partial charge is 0.371 e. The molecule has 0 saturated carbocycles. The lowest BCUT2D eigenvalue weighted by molar-refractivity contribution is 0.0786. The molecule has 168 valence electrons. The van der Waals surface area contributed by atoms with Crippen LogP contribution in [0.5, 0.6) is 0 Å². The minimum absolute atomic E-state index is 0.134. The standard InChI is InChI=1S/C23H31N3O3S2/c1-18-10-15-30-22(18)17-24(2)23(27)20-16-19(8-9-21(20)25-11-6-7-12-25)31(28,29)26-13-4-3-5-14-26/h8-10,15-16H,3-7,11-14,17H2,1-2H3. The molecule has 0 bridgehead atoms. The van der Waals surface area contributed by atoms with Crippen LogP contribution in [0.25, 0.3) is 0 Å². The molecule has 0 spiro atoms. The number of amides is 1. The van der Waals surface area contributed by atoms with E-state index in [1.807, 2.05) is 18.4 Å². The number of piperidine rings is 1. The van der Waals surface area contributed by atoms with Crippen LogP contribution in [0.3, 0.4) is 0 Å². The third-order valence-corrected chi connectivity index (χ3v) is 9.20. The van der Waals surface area contributed by atoms with E-state index in [0.29, 0.717) is 25.2 Å². The van der Waals surface area contributed by atoms with Crippen molar-refractivity contribution in [1.29, 1.82) is 0 Å². The lowest BCUT2D eigenvalue weighted by atomic mass is 10.1. The SMILES string of the molecule is Cc1ccsc1CN(C)C(=O)c1cc(S(=O)(=O)N2CCCCC2)ccc1N1CCCC1. The summed E-state index contributed by atoms with van der Waals surface area (Å²) in [5.74, 6) is -0.134. The topological polar surface area (TPSA) is 60.9 Å². The number of rotatable bonds is 6. The maximum absolute atomic E-state index is 13.5. The van der Waals surface area contributed by atoms with Gasteiger partial charge in [0.1, 0.15) is 0 Å². The molecular formula is C23H31N3O3S2. The number of carbonyl (C=O) groups is 1. The molecule has 0 atom stereocenters. The van der Waals surface area contributed by atoms with E-state index in [9.17, 15) is 13.2 Å². The lowest BCUT2D eigenvalue weighted by Crippen LogP contribution is -2.36. The number of thiophene rings is 1. The quantitative estimate of drug-likeness (QED) is 0.650. The van der Waals surface area contributed by atoms with Crippen molar-refractivity contribution < 1.29 is 13.2 Å². The number of anilines is 1. The molecule has 2 aromatic rings. The summed E-state index contributed by atoms with van der Waals surface area (Å²) in [6.45, 7) is 5.46. The van der Waals surface area contributed by atoms with Gasteiger partial charge in [-0.1, -0.05) is 6.42 Å². The Labute approximate surface area is 189 Å². The number of carbonyl (C=O) groups excluding carboxylic acids is 1. The van der Waals surface area contributed by atoms with E-state index in [2.05, 4.69) is 11.0 Å². The normalized spacial score (nSPS) is 17.8. The fourth-order valence-electron chi connectivity index (χ4n) is 4.39. The predicted octanol–water partition coefficient (Wildman–Crippen LogP) is 4.10. The second-order valence-electron chi connectivity index (χ2n) is 8.53. The Bertz CT molecular complexity index is 1040. The van der Waals surface area contributed by atoms with Gasteiger partial charge in [0.05, 0.1) is 17.0 Å². The van der Waals surface area contributed by atoms with E-state index < -0.39 is 10.0 Å². The number of sulfonamides is 1. The van der Waals surface area contributed by atoms with Crippen molar-refractivity contribution in [2.45, 2.75) is 50.5 Å². The van der Waals surface area contributed by atoms with Crippen LogP contribution in [0, 0.1) is 6.92 Å². The van der Waals surface area contributed by atoms with Crippen LogP contribution in [0.15, 0.2) is 34.5 Å². The first kappa shape index (κ1) is 22.3. The number of nitrogens with zero attached hydrogens (tertiary/aromatic N) is 3. The number of hydrogen-bond acceptors (Lipinski definition) is 5. The third kappa shape index (κ3) is 4.66. The van der Waals surface area contributed by atoms with Crippen LogP contribution in [0.4, 0.5) is 5.69 Å². The molecule has 0 unspecified atom stereocenters. The van der Waals surface area contributed by atoms with Gasteiger partial charge in [0.25, 0.3) is 5.91 Å². The highest BCUT2D eigenvalue weighted by Crippen LogP contribution is 2.31. The summed E-state index contributed by atoms with van der Waals surface area (Å²) in [6, 6.07) is 7.18. The molecule has 31 heavy (non-hydrogen) atoms. The molecule has 3 heterocycles. The summed E-state index contributed by atoms with van der Waals surface area (Å²) in [6.07, 6.45) is 5.02. The van der Waals surface area contributed by atoms with E-state index in [1.54, 1.807) is 39.7 Å². The molecule has 2 saturated heterocycles. The zero-order valence-electron chi connectivity index (χ0n) is 18.3. The highest BCUT2D eigenvalue weighted by molar-refractivity contribution is 7.89. The van der Waals surface area contributed by atoms with Crippen LogP contribution >= 0.6 is 11.3 Å². The summed E-state index contributed by atoms with van der Waals surface area (Å²) in [5.41, 5.74) is 2.50. The van der Waals surface area contributed by atoms with Gasteiger partial charge in [-0.05, 0) is 67.8 Å². The molecule has 0 radical (unpaired) electrons. The van der Waals surface area contributed by atoms with E-state index in [1.165, 1.54) is 5.56 Å². The Kier molecular flexibility index (Phi) is 6.69. The average Bonchev–Trinajstić information content (AvgIpc) is 3.46. The maximum atomic E-state index is 13.5. The van der Waals surface area contributed by atoms with Crippen molar-refractivity contribution in [1.82, 2.24) is 9.21 Å². The molecule has 2 aliphatic heterocycles. The van der Waals surface area contributed by atoms with Crippen LogP contribution in [-0.4, -0.2) is 56.8 Å². The lowest BCUT2D eigenvalue weighted by Gasteiger charge is -2.28. The fraction of sp³-hybridized carbons (Fsp3) is 0.522. The van der Waals surface area contributed by atoms with Crippen molar-refractivity contribution >= 4 is 33.0 Å². The smallest absolute Gasteiger partial charge is 0.256 e. The molecule has 2 fully saturated rings. The Morgan fingerprint density at radius 1 is 1.03 bits per heavy atom. The minimum Gasteiger partial charge on any atom is -0.371 e. The van der Waals surface area contributed by atoms with Crippen molar-refractivity contribution in [3.05, 3.63) is 45.6 Å². The predicted molar refractivity (Wildman–Crippen MR) is 125 cm³/mol. The molecule has 1 aromatic heterocycles. The Balaban J connectivity index is 1.68. The van der Waals surface area contributed by atoms with Crippen LogP contribution < -0.4 is 4.90 Å². The van der Waals surface area contributed by atoms with Gasteiger partial charge in [0, 0.05) is 43.8 Å². The average molecular weight is 462 g/mol. The van der Waals surface area contributed by atoms with Crippen molar-refractivity contribution in [3.63, 3.8) is 0 Å². The summed E-state index contributed by atoms with van der Waals surface area (Å²) in [4.78, 5) is 18.8. The summed E-state index contributed by atoms with van der Waals surface area (Å²) in [7, 11) is -1.80. The zero-order valence-corrected chi connectivity index (χ0v) is 20.0. The zero-order chi connectivity index (χ0) is 22.0. The van der Waals surface area contributed by atoms with Crippen molar-refractivity contribution in [2.75, 3.05) is 38.1 Å². The van der Waals surface area contributed by atoms with E-state index in [-0.39, 0.29) is 10.8 Å². The van der Waals surface area contributed by atoms with Gasteiger partial charge in [-0.3, -0.25) is 4.79 Å². The van der Waals surface area contributed by atoms with Crippen LogP contribution in [0.2, 0.25) is 0 Å². The Hall–Kier alpha value is -1.90. The Morgan fingerprint density at radius 3 is 2.35 bits per heavy atom. The first-order valence-electron chi connectivity index (χ1n) is 11.1.